The quantitative estimate of drug-likeness (QED) is 0.563. The van der Waals surface area contributed by atoms with Crippen LogP contribution in [0.15, 0.2) is 0 Å². The summed E-state index contributed by atoms with van der Waals surface area (Å²) in [6, 6.07) is 0.452. The van der Waals surface area contributed by atoms with Crippen LogP contribution in [0.1, 0.15) is 12.8 Å². The summed E-state index contributed by atoms with van der Waals surface area (Å²) >= 11 is 0. The lowest BCUT2D eigenvalue weighted by Gasteiger charge is -2.26. The average molecular weight is 145 g/mol. The standard InChI is InChI=1S/C7H15NO2/c1-10-5-6-2-3-7(9)4-8-6/h6-9H,2-5H2,1H3/t6-,7+/m1/s1. The lowest BCUT2D eigenvalue weighted by Crippen LogP contribution is -2.43. The number of ether oxygens (including phenoxy) is 1. The van der Waals surface area contributed by atoms with Gasteiger partial charge in [-0.25, -0.2) is 0 Å². The van der Waals surface area contributed by atoms with Gasteiger partial charge >= 0.3 is 0 Å². The first kappa shape index (κ1) is 7.98. The molecule has 0 aromatic carbocycles. The van der Waals surface area contributed by atoms with E-state index in [4.69, 9.17) is 9.84 Å². The van der Waals surface area contributed by atoms with Gasteiger partial charge in [0, 0.05) is 19.7 Å². The summed E-state index contributed by atoms with van der Waals surface area (Å²) in [5.41, 5.74) is 0. The zero-order chi connectivity index (χ0) is 7.40. The minimum Gasteiger partial charge on any atom is -0.392 e. The van der Waals surface area contributed by atoms with Crippen LogP contribution in [0, 0.1) is 0 Å². The molecule has 0 bridgehead atoms. The van der Waals surface area contributed by atoms with Crippen molar-refractivity contribution >= 4 is 0 Å². The van der Waals surface area contributed by atoms with Crippen molar-refractivity contribution in [3.05, 3.63) is 0 Å². The van der Waals surface area contributed by atoms with Gasteiger partial charge in [-0.3, -0.25) is 0 Å². The lowest BCUT2D eigenvalue weighted by atomic mass is 10.0. The first-order valence-corrected chi connectivity index (χ1v) is 3.73. The van der Waals surface area contributed by atoms with Gasteiger partial charge in [-0.2, -0.15) is 0 Å². The normalized spacial score (nSPS) is 34.2. The molecule has 1 aliphatic rings. The summed E-state index contributed by atoms with van der Waals surface area (Å²) in [5.74, 6) is 0. The first-order chi connectivity index (χ1) is 4.83. The molecule has 1 fully saturated rings. The molecule has 3 heteroatoms. The largest absolute Gasteiger partial charge is 0.392 e. The number of aliphatic hydroxyl groups excluding tert-OH is 1. The second-order valence-corrected chi connectivity index (χ2v) is 2.79. The minimum absolute atomic E-state index is 0.145. The highest BCUT2D eigenvalue weighted by Gasteiger charge is 2.17. The van der Waals surface area contributed by atoms with E-state index >= 15 is 0 Å². The van der Waals surface area contributed by atoms with E-state index in [0.717, 1.165) is 19.4 Å². The Morgan fingerprint density at radius 1 is 1.60 bits per heavy atom. The summed E-state index contributed by atoms with van der Waals surface area (Å²) < 4.78 is 4.97. The highest BCUT2D eigenvalue weighted by atomic mass is 16.5. The van der Waals surface area contributed by atoms with Gasteiger partial charge in [0.25, 0.3) is 0 Å². The molecule has 0 saturated carbocycles. The van der Waals surface area contributed by atoms with Crippen molar-refractivity contribution in [3.63, 3.8) is 0 Å². The van der Waals surface area contributed by atoms with Crippen molar-refractivity contribution in [2.45, 2.75) is 25.0 Å². The van der Waals surface area contributed by atoms with Crippen LogP contribution < -0.4 is 5.32 Å². The minimum atomic E-state index is -0.145. The van der Waals surface area contributed by atoms with Crippen molar-refractivity contribution in [3.8, 4) is 0 Å². The van der Waals surface area contributed by atoms with E-state index in [-0.39, 0.29) is 6.10 Å². The smallest absolute Gasteiger partial charge is 0.0665 e. The van der Waals surface area contributed by atoms with E-state index in [2.05, 4.69) is 5.32 Å². The monoisotopic (exact) mass is 145 g/mol. The van der Waals surface area contributed by atoms with Gasteiger partial charge < -0.3 is 15.2 Å². The zero-order valence-electron chi connectivity index (χ0n) is 6.34. The van der Waals surface area contributed by atoms with E-state index in [9.17, 15) is 0 Å². The van der Waals surface area contributed by atoms with Crippen molar-refractivity contribution in [1.29, 1.82) is 0 Å². The maximum absolute atomic E-state index is 9.09. The summed E-state index contributed by atoms with van der Waals surface area (Å²) in [7, 11) is 1.70. The first-order valence-electron chi connectivity index (χ1n) is 3.73. The van der Waals surface area contributed by atoms with Gasteiger partial charge in [-0.05, 0) is 12.8 Å². The Hall–Kier alpha value is -0.120. The molecule has 1 rings (SSSR count). The van der Waals surface area contributed by atoms with Crippen LogP contribution in [0.2, 0.25) is 0 Å². The molecule has 0 radical (unpaired) electrons. The van der Waals surface area contributed by atoms with E-state index < -0.39 is 0 Å². The third-order valence-electron chi connectivity index (χ3n) is 1.86. The maximum atomic E-state index is 9.09. The van der Waals surface area contributed by atoms with Gasteiger partial charge in [-0.15, -0.1) is 0 Å². The summed E-state index contributed by atoms with van der Waals surface area (Å²) in [6.45, 7) is 1.47. The number of rotatable bonds is 2. The molecule has 0 amide bonds. The van der Waals surface area contributed by atoms with Gasteiger partial charge in [0.15, 0.2) is 0 Å². The van der Waals surface area contributed by atoms with Crippen molar-refractivity contribution in [2.75, 3.05) is 20.3 Å². The molecule has 0 aromatic heterocycles. The number of hydrogen-bond acceptors (Lipinski definition) is 3. The molecule has 1 heterocycles. The fraction of sp³-hybridized carbons (Fsp3) is 1.00. The number of β-amino-alcohol motifs (C(OH)–C–C–N with tert-alkyl or cyclic N) is 1. The van der Waals surface area contributed by atoms with E-state index in [1.807, 2.05) is 0 Å². The second kappa shape index (κ2) is 3.91. The van der Waals surface area contributed by atoms with E-state index in [0.29, 0.717) is 12.6 Å². The Morgan fingerprint density at radius 3 is 2.90 bits per heavy atom. The number of aliphatic hydroxyl groups is 1. The Balaban J connectivity index is 2.13. The van der Waals surface area contributed by atoms with Gasteiger partial charge in [-0.1, -0.05) is 0 Å². The van der Waals surface area contributed by atoms with Gasteiger partial charge in [0.1, 0.15) is 0 Å². The maximum Gasteiger partial charge on any atom is 0.0665 e. The molecular weight excluding hydrogens is 130 g/mol. The third kappa shape index (κ3) is 2.25. The SMILES string of the molecule is COC[C@H]1CC[C@H](O)CN1. The predicted molar refractivity (Wildman–Crippen MR) is 38.9 cm³/mol. The van der Waals surface area contributed by atoms with Crippen LogP contribution in [0.5, 0.6) is 0 Å². The van der Waals surface area contributed by atoms with Crippen LogP contribution in [0.4, 0.5) is 0 Å². The molecule has 0 spiro atoms. The Kier molecular flexibility index (Phi) is 3.12. The molecule has 3 nitrogen and oxygen atoms in total. The Labute approximate surface area is 61.4 Å². The van der Waals surface area contributed by atoms with Crippen LogP contribution in [0.3, 0.4) is 0 Å². The number of hydrogen-bond donors (Lipinski definition) is 2. The van der Waals surface area contributed by atoms with Crippen LogP contribution >= 0.6 is 0 Å². The molecule has 0 aromatic rings. The second-order valence-electron chi connectivity index (χ2n) is 2.79. The molecule has 2 atom stereocenters. The highest BCUT2D eigenvalue weighted by Crippen LogP contribution is 2.07. The molecule has 1 saturated heterocycles. The summed E-state index contributed by atoms with van der Waals surface area (Å²) in [6.07, 6.45) is 1.78. The molecule has 60 valence electrons. The molecule has 10 heavy (non-hydrogen) atoms. The lowest BCUT2D eigenvalue weighted by molar-refractivity contribution is 0.0933. The number of nitrogens with one attached hydrogen (secondary N) is 1. The molecule has 2 N–H and O–H groups in total. The molecule has 1 aliphatic heterocycles. The summed E-state index contributed by atoms with van der Waals surface area (Å²) in [5, 5.41) is 12.3. The van der Waals surface area contributed by atoms with Crippen molar-refractivity contribution in [2.24, 2.45) is 0 Å². The Bertz CT molecular complexity index is 89.6. The third-order valence-corrected chi connectivity index (χ3v) is 1.86. The average Bonchev–Trinajstić information content (AvgIpc) is 1.95. The fourth-order valence-corrected chi connectivity index (χ4v) is 1.24. The highest BCUT2D eigenvalue weighted by molar-refractivity contribution is 4.76. The zero-order valence-corrected chi connectivity index (χ0v) is 6.34. The van der Waals surface area contributed by atoms with Crippen LogP contribution in [0.25, 0.3) is 0 Å². The molecule has 0 aliphatic carbocycles. The predicted octanol–water partition coefficient (Wildman–Crippen LogP) is -0.254. The fourth-order valence-electron chi connectivity index (χ4n) is 1.24. The van der Waals surface area contributed by atoms with Crippen LogP contribution in [-0.2, 0) is 4.74 Å². The van der Waals surface area contributed by atoms with Gasteiger partial charge in [0.05, 0.1) is 12.7 Å². The van der Waals surface area contributed by atoms with Gasteiger partial charge in [0.2, 0.25) is 0 Å². The molecular formula is C7H15NO2. The topological polar surface area (TPSA) is 41.5 Å². The van der Waals surface area contributed by atoms with Crippen molar-refractivity contribution < 1.29 is 9.84 Å². The molecule has 0 unspecified atom stereocenters. The number of piperidine rings is 1. The number of methoxy groups -OCH3 is 1. The van der Waals surface area contributed by atoms with Crippen molar-refractivity contribution in [1.82, 2.24) is 5.32 Å². The van der Waals surface area contributed by atoms with E-state index in [1.165, 1.54) is 0 Å². The summed E-state index contributed by atoms with van der Waals surface area (Å²) in [4.78, 5) is 0. The van der Waals surface area contributed by atoms with E-state index in [1.54, 1.807) is 7.11 Å². The Morgan fingerprint density at radius 2 is 2.40 bits per heavy atom. The van der Waals surface area contributed by atoms with Crippen LogP contribution in [-0.4, -0.2) is 37.5 Å².